The van der Waals surface area contributed by atoms with Crippen molar-refractivity contribution in [3.05, 3.63) is 6.92 Å². The summed E-state index contributed by atoms with van der Waals surface area (Å²) in [4.78, 5) is 11.3. The Morgan fingerprint density at radius 2 is 1.83 bits per heavy atom. The average molecular weight is 172 g/mol. The fourth-order valence-corrected chi connectivity index (χ4v) is 0.497. The second-order valence-corrected chi connectivity index (χ2v) is 4.17. The maximum Gasteiger partial charge on any atom is 0.326 e. The van der Waals surface area contributed by atoms with Crippen LogP contribution in [0.2, 0.25) is 0 Å². The van der Waals surface area contributed by atoms with Crippen LogP contribution in [0.1, 0.15) is 34.1 Å². The Labute approximate surface area is 74.3 Å². The highest BCUT2D eigenvalue weighted by Gasteiger charge is 2.31. The predicted molar refractivity (Wildman–Crippen MR) is 48.4 cm³/mol. The quantitative estimate of drug-likeness (QED) is 0.638. The molecule has 0 aromatic rings. The summed E-state index contributed by atoms with van der Waals surface area (Å²) in [5, 5.41) is 0. The molecule has 1 unspecified atom stereocenters. The van der Waals surface area contributed by atoms with Gasteiger partial charge in [0.05, 0.1) is 0 Å². The van der Waals surface area contributed by atoms with E-state index in [9.17, 15) is 4.79 Å². The number of nitrogens with two attached hydrogens (primary N) is 1. The van der Waals surface area contributed by atoms with Gasteiger partial charge in [0.15, 0.2) is 0 Å². The molecule has 0 aliphatic rings. The van der Waals surface area contributed by atoms with Gasteiger partial charge in [-0.2, -0.15) is 0 Å². The van der Waals surface area contributed by atoms with Gasteiger partial charge in [0.1, 0.15) is 11.1 Å². The van der Waals surface area contributed by atoms with Crippen molar-refractivity contribution in [2.75, 3.05) is 0 Å². The zero-order valence-corrected chi connectivity index (χ0v) is 8.31. The highest BCUT2D eigenvalue weighted by atomic mass is 16.6. The lowest BCUT2D eigenvalue weighted by Gasteiger charge is -2.27. The molecule has 0 saturated heterocycles. The number of esters is 1. The van der Waals surface area contributed by atoms with E-state index in [1.807, 2.05) is 20.8 Å². The van der Waals surface area contributed by atoms with Crippen LogP contribution in [0.15, 0.2) is 0 Å². The van der Waals surface area contributed by atoms with E-state index in [0.29, 0.717) is 6.42 Å². The Kier molecular flexibility index (Phi) is 3.27. The molecule has 0 aliphatic carbocycles. The molecule has 12 heavy (non-hydrogen) atoms. The predicted octanol–water partition coefficient (Wildman–Crippen LogP) is 1.27. The van der Waals surface area contributed by atoms with Crippen molar-refractivity contribution in [1.82, 2.24) is 0 Å². The molecular formula is C9H18NO2. The molecule has 0 rings (SSSR count). The molecule has 0 aliphatic heterocycles. The van der Waals surface area contributed by atoms with Gasteiger partial charge in [0.2, 0.25) is 0 Å². The Bertz CT molecular complexity index is 168. The molecule has 0 amide bonds. The summed E-state index contributed by atoms with van der Waals surface area (Å²) in [7, 11) is 0. The molecule has 71 valence electrons. The van der Waals surface area contributed by atoms with Crippen molar-refractivity contribution >= 4 is 5.97 Å². The van der Waals surface area contributed by atoms with Gasteiger partial charge in [-0.3, -0.25) is 4.79 Å². The highest BCUT2D eigenvalue weighted by Crippen LogP contribution is 2.14. The van der Waals surface area contributed by atoms with Crippen LogP contribution in [0.3, 0.4) is 0 Å². The van der Waals surface area contributed by atoms with Gasteiger partial charge >= 0.3 is 5.97 Å². The highest BCUT2D eigenvalue weighted by molar-refractivity contribution is 5.80. The molecule has 3 heteroatoms. The zero-order chi connectivity index (χ0) is 9.99. The molecule has 0 aromatic carbocycles. The molecule has 1 atom stereocenters. The van der Waals surface area contributed by atoms with E-state index >= 15 is 0 Å². The van der Waals surface area contributed by atoms with Crippen LogP contribution < -0.4 is 5.73 Å². The molecule has 0 heterocycles. The van der Waals surface area contributed by atoms with E-state index in [2.05, 4.69) is 6.92 Å². The molecule has 0 bridgehead atoms. The lowest BCUT2D eigenvalue weighted by Crippen LogP contribution is -2.48. The molecule has 0 aromatic heterocycles. The van der Waals surface area contributed by atoms with Crippen LogP contribution in [0, 0.1) is 6.92 Å². The van der Waals surface area contributed by atoms with Crippen LogP contribution in [0.4, 0.5) is 0 Å². The molecule has 0 fully saturated rings. The SMILES string of the molecule is [CH2]CC(C)(N)C(=O)OC(C)(C)C. The topological polar surface area (TPSA) is 52.3 Å². The molecule has 0 saturated carbocycles. The van der Waals surface area contributed by atoms with Crippen molar-refractivity contribution in [2.45, 2.75) is 45.3 Å². The van der Waals surface area contributed by atoms with E-state index < -0.39 is 17.1 Å². The first kappa shape index (κ1) is 11.4. The first-order valence-corrected chi connectivity index (χ1v) is 4.00. The minimum absolute atomic E-state index is 0.335. The number of ether oxygens (including phenoxy) is 1. The van der Waals surface area contributed by atoms with E-state index in [0.717, 1.165) is 0 Å². The number of carbonyl (C=O) groups is 1. The van der Waals surface area contributed by atoms with Crippen molar-refractivity contribution in [3.8, 4) is 0 Å². The van der Waals surface area contributed by atoms with Gasteiger partial charge in [-0.25, -0.2) is 0 Å². The third-order valence-electron chi connectivity index (χ3n) is 1.38. The van der Waals surface area contributed by atoms with Gasteiger partial charge in [0.25, 0.3) is 0 Å². The number of rotatable bonds is 2. The van der Waals surface area contributed by atoms with Crippen LogP contribution in [0.5, 0.6) is 0 Å². The summed E-state index contributed by atoms with van der Waals surface area (Å²) in [5.74, 6) is -0.398. The summed E-state index contributed by atoms with van der Waals surface area (Å²) in [5.41, 5.74) is 4.19. The maximum atomic E-state index is 11.3. The molecule has 0 spiro atoms. The summed E-state index contributed by atoms with van der Waals surface area (Å²) in [6.45, 7) is 10.6. The van der Waals surface area contributed by atoms with Gasteiger partial charge in [-0.05, 0) is 34.1 Å². The fraction of sp³-hybridized carbons (Fsp3) is 0.778. The third-order valence-corrected chi connectivity index (χ3v) is 1.38. The molecule has 2 N–H and O–H groups in total. The van der Waals surface area contributed by atoms with E-state index in [-0.39, 0.29) is 0 Å². The maximum absolute atomic E-state index is 11.3. The molecule has 3 nitrogen and oxygen atoms in total. The van der Waals surface area contributed by atoms with Crippen molar-refractivity contribution in [3.63, 3.8) is 0 Å². The molecular weight excluding hydrogens is 154 g/mol. The number of hydrogen-bond acceptors (Lipinski definition) is 3. The van der Waals surface area contributed by atoms with Gasteiger partial charge < -0.3 is 10.5 Å². The largest absolute Gasteiger partial charge is 0.459 e. The van der Waals surface area contributed by atoms with Gasteiger partial charge in [-0.1, -0.05) is 6.92 Å². The number of carbonyl (C=O) groups excluding carboxylic acids is 1. The number of hydrogen-bond donors (Lipinski definition) is 1. The summed E-state index contributed by atoms with van der Waals surface area (Å²) >= 11 is 0. The normalized spacial score (nSPS) is 16.8. The minimum atomic E-state index is -0.965. The average Bonchev–Trinajstić information content (AvgIpc) is 1.84. The summed E-state index contributed by atoms with van der Waals surface area (Å²) < 4.78 is 5.09. The van der Waals surface area contributed by atoms with Crippen molar-refractivity contribution in [1.29, 1.82) is 0 Å². The van der Waals surface area contributed by atoms with Crippen LogP contribution in [0.25, 0.3) is 0 Å². The van der Waals surface area contributed by atoms with Gasteiger partial charge in [0, 0.05) is 0 Å². The summed E-state index contributed by atoms with van der Waals surface area (Å²) in [6, 6.07) is 0. The minimum Gasteiger partial charge on any atom is -0.459 e. The lowest BCUT2D eigenvalue weighted by atomic mass is 10.0. The van der Waals surface area contributed by atoms with Gasteiger partial charge in [-0.15, -0.1) is 0 Å². The third kappa shape index (κ3) is 3.72. The van der Waals surface area contributed by atoms with Crippen LogP contribution in [-0.2, 0) is 9.53 Å². The Hall–Kier alpha value is -0.570. The van der Waals surface area contributed by atoms with Crippen molar-refractivity contribution in [2.24, 2.45) is 5.73 Å². The zero-order valence-electron chi connectivity index (χ0n) is 8.31. The first-order valence-electron chi connectivity index (χ1n) is 4.00. The second kappa shape index (κ2) is 3.44. The monoisotopic (exact) mass is 172 g/mol. The first-order chi connectivity index (χ1) is 5.19. The van der Waals surface area contributed by atoms with Crippen molar-refractivity contribution < 1.29 is 9.53 Å². The van der Waals surface area contributed by atoms with E-state index in [4.69, 9.17) is 10.5 Å². The second-order valence-electron chi connectivity index (χ2n) is 4.17. The Balaban J connectivity index is 4.23. The Morgan fingerprint density at radius 3 is 2.08 bits per heavy atom. The summed E-state index contributed by atoms with van der Waals surface area (Å²) in [6.07, 6.45) is 0.335. The van der Waals surface area contributed by atoms with Crippen LogP contribution >= 0.6 is 0 Å². The Morgan fingerprint density at radius 1 is 1.42 bits per heavy atom. The van der Waals surface area contributed by atoms with E-state index in [1.165, 1.54) is 0 Å². The lowest BCUT2D eigenvalue weighted by molar-refractivity contribution is -0.160. The molecule has 1 radical (unpaired) electrons. The smallest absolute Gasteiger partial charge is 0.326 e. The van der Waals surface area contributed by atoms with E-state index in [1.54, 1.807) is 6.92 Å². The van der Waals surface area contributed by atoms with Crippen LogP contribution in [-0.4, -0.2) is 17.1 Å². The fourth-order valence-electron chi connectivity index (χ4n) is 0.497. The standard InChI is InChI=1S/C9H18NO2/c1-6-9(5,10)7(11)12-8(2,3)4/h1,6,10H2,2-5H3.